The van der Waals surface area contributed by atoms with E-state index in [2.05, 4.69) is 10.4 Å². The summed E-state index contributed by atoms with van der Waals surface area (Å²) < 4.78 is 11.3. The number of halogens is 1. The van der Waals surface area contributed by atoms with E-state index in [1.807, 2.05) is 66.7 Å². The largest absolute Gasteiger partial charge is 0.496 e. The maximum atomic E-state index is 13.2. The fourth-order valence-electron chi connectivity index (χ4n) is 4.15. The Morgan fingerprint density at radius 1 is 1.19 bits per heavy atom. The van der Waals surface area contributed by atoms with Crippen molar-refractivity contribution in [2.45, 2.75) is 32.0 Å². The number of nitrogens with one attached hydrogen (secondary N) is 1. The summed E-state index contributed by atoms with van der Waals surface area (Å²) in [5.41, 5.74) is 6.00. The maximum absolute atomic E-state index is 13.2. The molecule has 32 heavy (non-hydrogen) atoms. The molecule has 2 unspecified atom stereocenters. The lowest BCUT2D eigenvalue weighted by Crippen LogP contribution is -2.47. The van der Waals surface area contributed by atoms with Gasteiger partial charge in [-0.3, -0.25) is 4.79 Å². The van der Waals surface area contributed by atoms with Gasteiger partial charge in [0.1, 0.15) is 23.2 Å². The summed E-state index contributed by atoms with van der Waals surface area (Å²) in [5, 5.41) is 2.58. The van der Waals surface area contributed by atoms with Crippen LogP contribution >= 0.6 is 11.6 Å². The van der Waals surface area contributed by atoms with E-state index >= 15 is 0 Å². The van der Waals surface area contributed by atoms with Crippen LogP contribution in [0, 0.1) is 6.92 Å². The molecule has 1 amide bonds. The number of rotatable bonds is 5. The maximum Gasteiger partial charge on any atom is 0.251 e. The van der Waals surface area contributed by atoms with Crippen LogP contribution in [0.4, 0.5) is 0 Å². The molecule has 3 aromatic rings. The number of oxazole rings is 1. The second-order valence-electron chi connectivity index (χ2n) is 7.88. The predicted octanol–water partition coefficient (Wildman–Crippen LogP) is 4.45. The van der Waals surface area contributed by atoms with Crippen molar-refractivity contribution >= 4 is 17.5 Å². The van der Waals surface area contributed by atoms with Crippen LogP contribution in [0.25, 0.3) is 11.5 Å². The number of ether oxygens (including phenoxy) is 1. The number of hydrogen-bond donors (Lipinski definition) is 1. The molecule has 3 heterocycles. The van der Waals surface area contributed by atoms with Gasteiger partial charge in [-0.2, -0.15) is 0 Å². The van der Waals surface area contributed by atoms with Crippen LogP contribution in [0.3, 0.4) is 0 Å². The molecule has 8 heteroatoms. The van der Waals surface area contributed by atoms with Crippen molar-refractivity contribution in [3.05, 3.63) is 83.0 Å². The molecule has 0 bridgehead atoms. The molecule has 1 fully saturated rings. The third kappa shape index (κ3) is 3.74. The van der Waals surface area contributed by atoms with E-state index in [9.17, 15) is 4.79 Å². The van der Waals surface area contributed by atoms with Crippen molar-refractivity contribution < 1.29 is 13.9 Å². The Hall–Kier alpha value is -3.29. The highest BCUT2D eigenvalue weighted by Crippen LogP contribution is 2.33. The molecule has 1 N–H and O–H groups in total. The lowest BCUT2D eigenvalue weighted by atomic mass is 10.0. The quantitative estimate of drug-likeness (QED) is 0.619. The molecule has 1 aromatic heterocycles. The Labute approximate surface area is 191 Å². The number of methoxy groups -OCH3 is 1. The minimum atomic E-state index is -0.276. The topological polar surface area (TPSA) is 70.8 Å². The van der Waals surface area contributed by atoms with Gasteiger partial charge in [0, 0.05) is 17.4 Å². The molecule has 0 radical (unpaired) electrons. The molecule has 2 aliphatic rings. The summed E-state index contributed by atoms with van der Waals surface area (Å²) in [6.45, 7) is 2.20. The molecule has 7 nitrogen and oxygen atoms in total. The zero-order valence-corrected chi connectivity index (χ0v) is 18.5. The molecule has 5 rings (SSSR count). The monoisotopic (exact) mass is 450 g/mol. The first-order valence-corrected chi connectivity index (χ1v) is 10.8. The number of fused-ring (bicyclic) bond motifs is 1. The number of aryl methyl sites for hydroxylation is 1. The number of aromatic nitrogens is 1. The van der Waals surface area contributed by atoms with E-state index in [4.69, 9.17) is 20.8 Å². The van der Waals surface area contributed by atoms with Crippen molar-refractivity contribution in [3.8, 4) is 17.2 Å². The van der Waals surface area contributed by atoms with E-state index in [0.717, 1.165) is 16.8 Å². The van der Waals surface area contributed by atoms with Crippen molar-refractivity contribution in [2.24, 2.45) is 0 Å². The van der Waals surface area contributed by atoms with Crippen molar-refractivity contribution in [1.82, 2.24) is 20.3 Å². The second-order valence-corrected chi connectivity index (χ2v) is 8.31. The zero-order valence-electron chi connectivity index (χ0n) is 17.8. The lowest BCUT2D eigenvalue weighted by molar-refractivity contribution is -0.135. The van der Waals surface area contributed by atoms with E-state index < -0.39 is 0 Å². The van der Waals surface area contributed by atoms with Gasteiger partial charge in [-0.05, 0) is 43.2 Å². The van der Waals surface area contributed by atoms with Gasteiger partial charge in [0.2, 0.25) is 5.89 Å². The van der Waals surface area contributed by atoms with Gasteiger partial charge in [0.25, 0.3) is 5.91 Å². The highest BCUT2D eigenvalue weighted by Gasteiger charge is 2.40. The standard InChI is InChI=1S/C24H23ClN4O3/c1-15-20(26-23(32-15)18-5-3-4-6-22(18)31-2)14-28-11-12-29-21(24(28)30)13-19(27-29)16-7-9-17(25)10-8-16/h3-12,19,21,27H,13-14H2,1-2H3. The van der Waals surface area contributed by atoms with Crippen molar-refractivity contribution in [3.63, 3.8) is 0 Å². The number of nitrogens with zero attached hydrogens (tertiary/aromatic N) is 3. The molecule has 2 atom stereocenters. The average Bonchev–Trinajstić information content (AvgIpc) is 3.40. The molecule has 0 spiro atoms. The third-order valence-electron chi connectivity index (χ3n) is 5.90. The van der Waals surface area contributed by atoms with Gasteiger partial charge in [-0.15, -0.1) is 0 Å². The summed E-state index contributed by atoms with van der Waals surface area (Å²) in [6.07, 6.45) is 4.36. The number of benzene rings is 2. The minimum Gasteiger partial charge on any atom is -0.496 e. The highest BCUT2D eigenvalue weighted by molar-refractivity contribution is 6.30. The fraction of sp³-hybridized carbons (Fsp3) is 0.250. The first-order chi connectivity index (χ1) is 15.5. The summed E-state index contributed by atoms with van der Waals surface area (Å²) in [5.74, 6) is 1.88. The van der Waals surface area contributed by atoms with Crippen molar-refractivity contribution in [2.75, 3.05) is 7.11 Å². The van der Waals surface area contributed by atoms with E-state index in [1.165, 1.54) is 0 Å². The number of para-hydroxylation sites is 1. The first kappa shape index (κ1) is 20.6. The third-order valence-corrected chi connectivity index (χ3v) is 6.15. The van der Waals surface area contributed by atoms with Gasteiger partial charge in [0.05, 0.1) is 25.3 Å². The fourth-order valence-corrected chi connectivity index (χ4v) is 4.28. The minimum absolute atomic E-state index is 0.0257. The second kappa shape index (κ2) is 8.33. The van der Waals surface area contributed by atoms with Crippen LogP contribution in [0.2, 0.25) is 5.02 Å². The van der Waals surface area contributed by atoms with Crippen LogP contribution < -0.4 is 10.2 Å². The smallest absolute Gasteiger partial charge is 0.251 e. The molecular weight excluding hydrogens is 428 g/mol. The van der Waals surface area contributed by atoms with Gasteiger partial charge in [0.15, 0.2) is 0 Å². The number of carbonyl (C=O) groups is 1. The normalized spacial score (nSPS) is 20.0. The van der Waals surface area contributed by atoms with Crippen LogP contribution in [0.15, 0.2) is 65.3 Å². The number of amides is 1. The predicted molar refractivity (Wildman–Crippen MR) is 120 cm³/mol. The molecule has 0 saturated carbocycles. The van der Waals surface area contributed by atoms with Gasteiger partial charge < -0.3 is 19.1 Å². The Morgan fingerprint density at radius 2 is 1.97 bits per heavy atom. The van der Waals surface area contributed by atoms with Crippen LogP contribution in [0.5, 0.6) is 5.75 Å². The first-order valence-electron chi connectivity index (χ1n) is 10.4. The highest BCUT2D eigenvalue weighted by atomic mass is 35.5. The van der Waals surface area contributed by atoms with E-state index in [1.54, 1.807) is 18.2 Å². The van der Waals surface area contributed by atoms with Gasteiger partial charge in [-0.25, -0.2) is 10.4 Å². The Kier molecular flexibility index (Phi) is 5.36. The number of hydrogen-bond acceptors (Lipinski definition) is 6. The Bertz CT molecular complexity index is 1170. The summed E-state index contributed by atoms with van der Waals surface area (Å²) in [4.78, 5) is 19.6. The summed E-state index contributed by atoms with van der Waals surface area (Å²) >= 11 is 6.01. The summed E-state index contributed by atoms with van der Waals surface area (Å²) in [6, 6.07) is 15.1. The Morgan fingerprint density at radius 3 is 2.75 bits per heavy atom. The number of hydrazine groups is 1. The van der Waals surface area contributed by atoms with Crippen molar-refractivity contribution in [1.29, 1.82) is 0 Å². The van der Waals surface area contributed by atoms with Gasteiger partial charge >= 0.3 is 0 Å². The molecule has 2 aromatic carbocycles. The van der Waals surface area contributed by atoms with E-state index in [0.29, 0.717) is 35.4 Å². The Balaban J connectivity index is 1.33. The number of carbonyl (C=O) groups excluding carboxylic acids is 1. The molecule has 164 valence electrons. The van der Waals surface area contributed by atoms with Crippen LogP contribution in [0.1, 0.15) is 29.5 Å². The SMILES string of the molecule is COc1ccccc1-c1nc(CN2C=CN3NC(c4ccc(Cl)cc4)CC3C2=O)c(C)o1. The average molecular weight is 451 g/mol. The summed E-state index contributed by atoms with van der Waals surface area (Å²) in [7, 11) is 1.62. The molecule has 2 aliphatic heterocycles. The van der Waals surface area contributed by atoms with Crippen LogP contribution in [-0.4, -0.2) is 34.0 Å². The van der Waals surface area contributed by atoms with Crippen LogP contribution in [-0.2, 0) is 11.3 Å². The lowest BCUT2D eigenvalue weighted by Gasteiger charge is -2.31. The molecular formula is C24H23ClN4O3. The molecule has 0 aliphatic carbocycles. The van der Waals surface area contributed by atoms with E-state index in [-0.39, 0.29) is 18.0 Å². The molecule has 1 saturated heterocycles. The zero-order chi connectivity index (χ0) is 22.2. The van der Waals surface area contributed by atoms with Gasteiger partial charge in [-0.1, -0.05) is 35.9 Å².